The van der Waals surface area contributed by atoms with Gasteiger partial charge < -0.3 is 5.32 Å². The Bertz CT molecular complexity index is 338. The number of carbonyl (C=O) groups is 1. The van der Waals surface area contributed by atoms with Crippen molar-refractivity contribution in [2.45, 2.75) is 32.5 Å². The number of nitrogens with zero attached hydrogens (tertiary/aromatic N) is 4. The van der Waals surface area contributed by atoms with Crippen LogP contribution in [0.4, 0.5) is 0 Å². The predicted octanol–water partition coefficient (Wildman–Crippen LogP) is 0.557. The van der Waals surface area contributed by atoms with Crippen LogP contribution < -0.4 is 5.32 Å². The summed E-state index contributed by atoms with van der Waals surface area (Å²) < 4.78 is 1.73. The first-order valence-corrected chi connectivity index (χ1v) is 6.27. The molecule has 0 bridgehead atoms. The highest BCUT2D eigenvalue weighted by atomic mass is 32.2. The fraction of sp³-hybridized carbons (Fsp3) is 0.778. The van der Waals surface area contributed by atoms with Crippen LogP contribution >= 0.6 is 11.8 Å². The molecular weight excluding hydrogens is 226 g/mol. The third kappa shape index (κ3) is 4.18. The molecule has 0 atom stereocenters. The molecule has 0 aliphatic rings. The van der Waals surface area contributed by atoms with Crippen molar-refractivity contribution < 1.29 is 4.79 Å². The molecule has 0 aliphatic heterocycles. The van der Waals surface area contributed by atoms with E-state index in [1.54, 1.807) is 4.68 Å². The van der Waals surface area contributed by atoms with Gasteiger partial charge in [0.1, 0.15) is 0 Å². The quantitative estimate of drug-likeness (QED) is 0.739. The SMILES string of the molecule is CCNC(=O)CSc1nnnn1CC(C)C. The summed E-state index contributed by atoms with van der Waals surface area (Å²) in [6.45, 7) is 7.51. The van der Waals surface area contributed by atoms with Crippen LogP contribution in [0.5, 0.6) is 0 Å². The molecule has 1 heterocycles. The molecule has 7 heteroatoms. The highest BCUT2D eigenvalue weighted by Crippen LogP contribution is 2.14. The zero-order valence-electron chi connectivity index (χ0n) is 9.80. The number of hydrogen-bond donors (Lipinski definition) is 1. The Morgan fingerprint density at radius 1 is 1.56 bits per heavy atom. The second-order valence-electron chi connectivity index (χ2n) is 3.78. The first-order chi connectivity index (χ1) is 7.63. The lowest BCUT2D eigenvalue weighted by Gasteiger charge is -2.06. The topological polar surface area (TPSA) is 72.7 Å². The van der Waals surface area contributed by atoms with E-state index >= 15 is 0 Å². The average Bonchev–Trinajstić information content (AvgIpc) is 2.62. The molecule has 1 N–H and O–H groups in total. The molecule has 6 nitrogen and oxygen atoms in total. The molecule has 1 aromatic rings. The van der Waals surface area contributed by atoms with Crippen LogP contribution in [0.2, 0.25) is 0 Å². The molecule has 1 aromatic heterocycles. The van der Waals surface area contributed by atoms with E-state index < -0.39 is 0 Å². The van der Waals surface area contributed by atoms with Crippen molar-refractivity contribution in [3.05, 3.63) is 0 Å². The van der Waals surface area contributed by atoms with Gasteiger partial charge >= 0.3 is 0 Å². The first kappa shape index (κ1) is 13.0. The Morgan fingerprint density at radius 3 is 2.94 bits per heavy atom. The van der Waals surface area contributed by atoms with Crippen LogP contribution in [0.25, 0.3) is 0 Å². The summed E-state index contributed by atoms with van der Waals surface area (Å²) in [5.74, 6) is 0.839. The highest BCUT2D eigenvalue weighted by molar-refractivity contribution is 7.99. The molecule has 0 radical (unpaired) electrons. The van der Waals surface area contributed by atoms with Crippen LogP contribution in [-0.2, 0) is 11.3 Å². The van der Waals surface area contributed by atoms with Gasteiger partial charge in [-0.25, -0.2) is 4.68 Å². The summed E-state index contributed by atoms with van der Waals surface area (Å²) in [6.07, 6.45) is 0. The van der Waals surface area contributed by atoms with E-state index in [9.17, 15) is 4.79 Å². The molecule has 0 fully saturated rings. The molecule has 0 aromatic carbocycles. The van der Waals surface area contributed by atoms with E-state index in [0.717, 1.165) is 6.54 Å². The monoisotopic (exact) mass is 243 g/mol. The number of aromatic nitrogens is 4. The molecule has 1 rings (SSSR count). The highest BCUT2D eigenvalue weighted by Gasteiger charge is 2.10. The second kappa shape index (κ2) is 6.47. The summed E-state index contributed by atoms with van der Waals surface area (Å²) in [7, 11) is 0. The predicted molar refractivity (Wildman–Crippen MR) is 62.1 cm³/mol. The minimum atomic E-state index is 0.00611. The van der Waals surface area contributed by atoms with Gasteiger partial charge in [-0.2, -0.15) is 0 Å². The Morgan fingerprint density at radius 2 is 2.31 bits per heavy atom. The maximum atomic E-state index is 11.3. The smallest absolute Gasteiger partial charge is 0.230 e. The van der Waals surface area contributed by atoms with E-state index in [-0.39, 0.29) is 5.91 Å². The number of hydrogen-bond acceptors (Lipinski definition) is 5. The van der Waals surface area contributed by atoms with Crippen molar-refractivity contribution in [3.8, 4) is 0 Å². The molecule has 16 heavy (non-hydrogen) atoms. The van der Waals surface area contributed by atoms with Gasteiger partial charge in [0.05, 0.1) is 5.75 Å². The Balaban J connectivity index is 2.47. The van der Waals surface area contributed by atoms with Crippen molar-refractivity contribution in [2.75, 3.05) is 12.3 Å². The van der Waals surface area contributed by atoms with Crippen molar-refractivity contribution in [1.29, 1.82) is 0 Å². The van der Waals surface area contributed by atoms with Crippen LogP contribution in [0, 0.1) is 5.92 Å². The van der Waals surface area contributed by atoms with E-state index in [1.807, 2.05) is 6.92 Å². The zero-order valence-corrected chi connectivity index (χ0v) is 10.6. The summed E-state index contributed by atoms with van der Waals surface area (Å²) in [6, 6.07) is 0. The number of amides is 1. The summed E-state index contributed by atoms with van der Waals surface area (Å²) >= 11 is 1.36. The maximum Gasteiger partial charge on any atom is 0.230 e. The molecule has 0 saturated heterocycles. The molecule has 0 spiro atoms. The van der Waals surface area contributed by atoms with Gasteiger partial charge in [-0.15, -0.1) is 5.10 Å². The van der Waals surface area contributed by atoms with Gasteiger partial charge in [0.25, 0.3) is 0 Å². The number of rotatable bonds is 6. The van der Waals surface area contributed by atoms with Gasteiger partial charge in [-0.3, -0.25) is 4.79 Å². The second-order valence-corrected chi connectivity index (χ2v) is 4.72. The van der Waals surface area contributed by atoms with Crippen molar-refractivity contribution in [2.24, 2.45) is 5.92 Å². The van der Waals surface area contributed by atoms with Gasteiger partial charge in [0.2, 0.25) is 11.1 Å². The average molecular weight is 243 g/mol. The Hall–Kier alpha value is -1.11. The lowest BCUT2D eigenvalue weighted by Crippen LogP contribution is -2.24. The van der Waals surface area contributed by atoms with Gasteiger partial charge in [0.15, 0.2) is 0 Å². The van der Waals surface area contributed by atoms with E-state index in [1.165, 1.54) is 11.8 Å². The molecular formula is C9H17N5OS. The largest absolute Gasteiger partial charge is 0.356 e. The maximum absolute atomic E-state index is 11.3. The molecule has 90 valence electrons. The van der Waals surface area contributed by atoms with Crippen LogP contribution in [0.1, 0.15) is 20.8 Å². The Kier molecular flexibility index (Phi) is 5.24. The van der Waals surface area contributed by atoms with E-state index in [2.05, 4.69) is 34.7 Å². The third-order valence-corrected chi connectivity index (χ3v) is 2.70. The molecule has 0 unspecified atom stereocenters. The fourth-order valence-electron chi connectivity index (χ4n) is 1.14. The molecule has 1 amide bonds. The van der Waals surface area contributed by atoms with Crippen LogP contribution in [0.3, 0.4) is 0 Å². The lowest BCUT2D eigenvalue weighted by molar-refractivity contribution is -0.118. The third-order valence-electron chi connectivity index (χ3n) is 1.74. The van der Waals surface area contributed by atoms with Crippen LogP contribution in [0.15, 0.2) is 5.16 Å². The molecule has 0 aliphatic carbocycles. The molecule has 0 saturated carbocycles. The summed E-state index contributed by atoms with van der Waals surface area (Å²) in [5.41, 5.74) is 0. The van der Waals surface area contributed by atoms with Gasteiger partial charge in [-0.05, 0) is 23.3 Å². The minimum Gasteiger partial charge on any atom is -0.356 e. The minimum absolute atomic E-state index is 0.00611. The normalized spacial score (nSPS) is 10.8. The summed E-state index contributed by atoms with van der Waals surface area (Å²) in [5, 5.41) is 14.8. The lowest BCUT2D eigenvalue weighted by atomic mass is 10.2. The number of nitrogens with one attached hydrogen (secondary N) is 1. The van der Waals surface area contributed by atoms with Crippen molar-refractivity contribution >= 4 is 17.7 Å². The van der Waals surface area contributed by atoms with Crippen molar-refractivity contribution in [3.63, 3.8) is 0 Å². The first-order valence-electron chi connectivity index (χ1n) is 5.29. The van der Waals surface area contributed by atoms with Crippen LogP contribution in [-0.4, -0.2) is 38.4 Å². The van der Waals surface area contributed by atoms with E-state index in [0.29, 0.717) is 23.4 Å². The van der Waals surface area contributed by atoms with Gasteiger partial charge in [0, 0.05) is 13.1 Å². The fourth-order valence-corrected chi connectivity index (χ4v) is 1.86. The van der Waals surface area contributed by atoms with Gasteiger partial charge in [-0.1, -0.05) is 25.6 Å². The number of carbonyl (C=O) groups excluding carboxylic acids is 1. The van der Waals surface area contributed by atoms with E-state index in [4.69, 9.17) is 0 Å². The van der Waals surface area contributed by atoms with Crippen molar-refractivity contribution in [1.82, 2.24) is 25.5 Å². The summed E-state index contributed by atoms with van der Waals surface area (Å²) in [4.78, 5) is 11.3. The standard InChI is InChI=1S/C9H17N5OS/c1-4-10-8(15)6-16-9-11-12-13-14(9)5-7(2)3/h7H,4-6H2,1-3H3,(H,10,15). The zero-order chi connectivity index (χ0) is 12.0. The number of tetrazole rings is 1. The Labute approximate surface area is 99.2 Å². The number of thioether (sulfide) groups is 1.